The van der Waals surface area contributed by atoms with E-state index in [0.29, 0.717) is 18.1 Å². The molecule has 1 aliphatic heterocycles. The summed E-state index contributed by atoms with van der Waals surface area (Å²) in [5.74, 6) is -1.47. The van der Waals surface area contributed by atoms with Crippen molar-refractivity contribution in [3.63, 3.8) is 0 Å². The predicted molar refractivity (Wildman–Crippen MR) is 156 cm³/mol. The number of piperazine rings is 1. The molecule has 1 unspecified atom stereocenters. The molecule has 1 atom stereocenters. The van der Waals surface area contributed by atoms with E-state index in [1.807, 2.05) is 38.1 Å². The molecule has 0 spiro atoms. The van der Waals surface area contributed by atoms with E-state index in [-0.39, 0.29) is 45.0 Å². The zero-order valence-corrected chi connectivity index (χ0v) is 26.2. The van der Waals surface area contributed by atoms with Gasteiger partial charge in [-0.1, -0.05) is 38.1 Å². The van der Waals surface area contributed by atoms with Gasteiger partial charge < -0.3 is 15.0 Å². The maximum Gasteiger partial charge on any atom is 0.416 e. The number of hydrogen-bond acceptors (Lipinski definition) is 9. The van der Waals surface area contributed by atoms with Crippen molar-refractivity contribution in [2.24, 2.45) is 0 Å². The van der Waals surface area contributed by atoms with Crippen LogP contribution in [0, 0.1) is 0 Å². The maximum atomic E-state index is 13.7. The molecule has 17 heteroatoms. The smallest absolute Gasteiger partial charge is 0.416 e. The van der Waals surface area contributed by atoms with Crippen LogP contribution in [0.25, 0.3) is 0 Å². The minimum Gasteiger partial charge on any atom is -0.466 e. The number of sulfonamides is 1. The fourth-order valence-corrected chi connectivity index (χ4v) is 6.38. The molecular formula is C29H34F3N7O6S. The van der Waals surface area contributed by atoms with Crippen LogP contribution >= 0.6 is 0 Å². The molecule has 3 aromatic rings. The van der Waals surface area contributed by atoms with Crippen molar-refractivity contribution >= 4 is 27.8 Å². The summed E-state index contributed by atoms with van der Waals surface area (Å²) >= 11 is 0. The Bertz CT molecular complexity index is 1640. The Morgan fingerprint density at radius 1 is 1.04 bits per heavy atom. The molecule has 2 aromatic carbocycles. The number of ether oxygens (including phenoxy) is 1. The molecular weight excluding hydrogens is 631 g/mol. The van der Waals surface area contributed by atoms with Crippen LogP contribution in [0.1, 0.15) is 49.2 Å². The monoisotopic (exact) mass is 665 g/mol. The number of nitrogens with one attached hydrogen (secondary N) is 1. The minimum absolute atomic E-state index is 0.0671. The lowest BCUT2D eigenvalue weighted by Crippen LogP contribution is -2.61. The highest BCUT2D eigenvalue weighted by Crippen LogP contribution is 2.31. The van der Waals surface area contributed by atoms with E-state index in [4.69, 9.17) is 4.74 Å². The van der Waals surface area contributed by atoms with E-state index < -0.39 is 57.0 Å². The first-order valence-corrected chi connectivity index (χ1v) is 15.9. The van der Waals surface area contributed by atoms with Crippen LogP contribution in [0.4, 0.5) is 13.2 Å². The molecule has 0 radical (unpaired) electrons. The first-order valence-electron chi connectivity index (χ1n) is 14.4. The number of esters is 1. The summed E-state index contributed by atoms with van der Waals surface area (Å²) in [6.07, 6.45) is -4.95. The van der Waals surface area contributed by atoms with Crippen LogP contribution < -0.4 is 5.32 Å². The molecule has 2 heterocycles. The number of aromatic nitrogens is 4. The Hall–Kier alpha value is -4.38. The van der Waals surface area contributed by atoms with Gasteiger partial charge in [0.2, 0.25) is 21.8 Å². The molecule has 2 amide bonds. The zero-order chi connectivity index (χ0) is 33.6. The number of hydrogen-bond donors (Lipinski definition) is 1. The van der Waals surface area contributed by atoms with Gasteiger partial charge in [-0.3, -0.25) is 14.4 Å². The van der Waals surface area contributed by atoms with Crippen molar-refractivity contribution in [2.45, 2.75) is 63.3 Å². The second-order valence-electron chi connectivity index (χ2n) is 10.8. The van der Waals surface area contributed by atoms with E-state index in [1.54, 1.807) is 6.92 Å². The van der Waals surface area contributed by atoms with E-state index in [2.05, 4.69) is 20.8 Å². The highest BCUT2D eigenvalue weighted by atomic mass is 32.2. The number of benzene rings is 2. The summed E-state index contributed by atoms with van der Waals surface area (Å²) < 4.78 is 73.6. The molecule has 4 rings (SSSR count). The average Bonchev–Trinajstić information content (AvgIpc) is 3.45. The normalized spacial score (nSPS) is 16.0. The number of carbonyl (C=O) groups excluding carboxylic acids is 3. The van der Waals surface area contributed by atoms with Crippen molar-refractivity contribution in [2.75, 3.05) is 26.2 Å². The van der Waals surface area contributed by atoms with Gasteiger partial charge in [0, 0.05) is 26.2 Å². The SMILES string of the molecule is CCOC(=O)Cc1nnnn1CC(=O)N1CCN(S(=O)(=O)c2ccc(C(F)(F)F)cc2)C(C(=O)NCc2ccc(C(C)C)cc2)C1. The Morgan fingerprint density at radius 3 is 2.33 bits per heavy atom. The van der Waals surface area contributed by atoms with Gasteiger partial charge in [0.25, 0.3) is 0 Å². The van der Waals surface area contributed by atoms with Crippen LogP contribution in [-0.4, -0.2) is 87.9 Å². The number of rotatable bonds is 11. The standard InChI is InChI=1S/C29H34F3N7O6S/c1-4-45-27(41)15-25-34-35-36-38(25)18-26(40)37-13-14-39(46(43,44)23-11-9-22(10-12-23)29(30,31)32)24(17-37)28(42)33-16-20-5-7-21(8-6-20)19(2)3/h5-12,19,24H,4,13-18H2,1-3H3,(H,33,42). The Morgan fingerprint density at radius 2 is 1.72 bits per heavy atom. The van der Waals surface area contributed by atoms with E-state index >= 15 is 0 Å². The largest absolute Gasteiger partial charge is 0.466 e. The molecule has 1 saturated heterocycles. The van der Waals surface area contributed by atoms with Crippen molar-refractivity contribution < 1.29 is 40.7 Å². The summed E-state index contributed by atoms with van der Waals surface area (Å²) in [6.45, 7) is 4.73. The predicted octanol–water partition coefficient (Wildman–Crippen LogP) is 2.14. The lowest BCUT2D eigenvalue weighted by Gasteiger charge is -2.39. The maximum absolute atomic E-state index is 13.7. The molecule has 1 aliphatic rings. The topological polar surface area (TPSA) is 157 Å². The minimum atomic E-state index is -4.67. The summed E-state index contributed by atoms with van der Waals surface area (Å²) in [5.41, 5.74) is 0.828. The fourth-order valence-electron chi connectivity index (χ4n) is 4.81. The third-order valence-electron chi connectivity index (χ3n) is 7.39. The third-order valence-corrected chi connectivity index (χ3v) is 9.31. The molecule has 1 N–H and O–H groups in total. The number of halogens is 3. The van der Waals surface area contributed by atoms with Gasteiger partial charge in [0.05, 0.1) is 17.1 Å². The quantitative estimate of drug-likeness (QED) is 0.303. The molecule has 0 saturated carbocycles. The van der Waals surface area contributed by atoms with Crippen LogP contribution in [0.3, 0.4) is 0 Å². The molecule has 248 valence electrons. The van der Waals surface area contributed by atoms with E-state index in [1.165, 1.54) is 4.90 Å². The highest BCUT2D eigenvalue weighted by Gasteiger charge is 2.42. The lowest BCUT2D eigenvalue weighted by molar-refractivity contribution is -0.143. The fraction of sp³-hybridized carbons (Fsp3) is 0.448. The van der Waals surface area contributed by atoms with Gasteiger partial charge in [-0.05, 0) is 58.7 Å². The molecule has 1 fully saturated rings. The number of nitrogens with zero attached hydrogens (tertiary/aromatic N) is 6. The summed E-state index contributed by atoms with van der Waals surface area (Å²) in [4.78, 5) is 39.6. The van der Waals surface area contributed by atoms with E-state index in [9.17, 15) is 36.0 Å². The first-order chi connectivity index (χ1) is 21.7. The van der Waals surface area contributed by atoms with Gasteiger partial charge in [0.1, 0.15) is 19.0 Å². The number of tetrazole rings is 1. The zero-order valence-electron chi connectivity index (χ0n) is 25.4. The van der Waals surface area contributed by atoms with Crippen LogP contribution in [0.15, 0.2) is 53.4 Å². The van der Waals surface area contributed by atoms with Gasteiger partial charge in [0.15, 0.2) is 5.82 Å². The Kier molecular flexibility index (Phi) is 10.8. The van der Waals surface area contributed by atoms with Gasteiger partial charge in [-0.2, -0.15) is 17.5 Å². The van der Waals surface area contributed by atoms with E-state index in [0.717, 1.165) is 32.2 Å². The second-order valence-corrected chi connectivity index (χ2v) is 12.7. The van der Waals surface area contributed by atoms with Gasteiger partial charge in [-0.25, -0.2) is 13.1 Å². The second kappa shape index (κ2) is 14.4. The molecule has 0 aliphatic carbocycles. The number of carbonyl (C=O) groups is 3. The lowest BCUT2D eigenvalue weighted by atomic mass is 10.0. The van der Waals surface area contributed by atoms with Crippen LogP contribution in [-0.2, 0) is 54.8 Å². The summed E-state index contributed by atoms with van der Waals surface area (Å²) in [5, 5.41) is 13.7. The Balaban J connectivity index is 1.55. The highest BCUT2D eigenvalue weighted by molar-refractivity contribution is 7.89. The number of amides is 2. The summed E-state index contributed by atoms with van der Waals surface area (Å²) in [7, 11) is -4.46. The van der Waals surface area contributed by atoms with Crippen molar-refractivity contribution in [3.8, 4) is 0 Å². The summed E-state index contributed by atoms with van der Waals surface area (Å²) in [6, 6.07) is 9.09. The third kappa shape index (κ3) is 8.25. The Labute approximate surface area is 263 Å². The molecule has 0 bridgehead atoms. The van der Waals surface area contributed by atoms with Gasteiger partial charge in [-0.15, -0.1) is 5.10 Å². The van der Waals surface area contributed by atoms with Crippen molar-refractivity contribution in [1.29, 1.82) is 0 Å². The van der Waals surface area contributed by atoms with Crippen molar-refractivity contribution in [3.05, 3.63) is 71.0 Å². The number of alkyl halides is 3. The first kappa shape index (κ1) is 34.5. The average molecular weight is 666 g/mol. The molecule has 1 aromatic heterocycles. The molecule has 13 nitrogen and oxygen atoms in total. The molecule has 46 heavy (non-hydrogen) atoms. The van der Waals surface area contributed by atoms with Crippen molar-refractivity contribution in [1.82, 2.24) is 34.7 Å². The van der Waals surface area contributed by atoms with Crippen LogP contribution in [0.5, 0.6) is 0 Å². The van der Waals surface area contributed by atoms with Gasteiger partial charge >= 0.3 is 12.1 Å². The van der Waals surface area contributed by atoms with Crippen LogP contribution in [0.2, 0.25) is 0 Å².